The highest BCUT2D eigenvalue weighted by Gasteiger charge is 2.31. The molecule has 0 spiro atoms. The second-order valence-corrected chi connectivity index (χ2v) is 6.71. The van der Waals surface area contributed by atoms with Gasteiger partial charge in [0.15, 0.2) is 0 Å². The van der Waals surface area contributed by atoms with E-state index in [1.54, 1.807) is 31.2 Å². The Morgan fingerprint density at radius 2 is 1.93 bits per heavy atom. The number of para-hydroxylation sites is 1. The fourth-order valence-electron chi connectivity index (χ4n) is 3.10. The van der Waals surface area contributed by atoms with Crippen LogP contribution in [0.25, 0.3) is 10.9 Å². The van der Waals surface area contributed by atoms with Gasteiger partial charge < -0.3 is 10.1 Å². The van der Waals surface area contributed by atoms with Crippen molar-refractivity contribution in [2.75, 3.05) is 13.7 Å². The van der Waals surface area contributed by atoms with Gasteiger partial charge in [-0.2, -0.15) is 13.2 Å². The van der Waals surface area contributed by atoms with Gasteiger partial charge in [-0.3, -0.25) is 14.2 Å². The topological polar surface area (TPSA) is 73.2 Å². The lowest BCUT2D eigenvalue weighted by Crippen LogP contribution is -2.34. The molecular formula is C21H20F3N3O3. The van der Waals surface area contributed by atoms with Gasteiger partial charge in [-0.15, -0.1) is 0 Å². The van der Waals surface area contributed by atoms with Crippen molar-refractivity contribution in [1.29, 1.82) is 0 Å². The number of carbonyl (C=O) groups is 1. The maximum Gasteiger partial charge on any atom is 0.416 e. The average molecular weight is 419 g/mol. The van der Waals surface area contributed by atoms with Gasteiger partial charge >= 0.3 is 6.18 Å². The van der Waals surface area contributed by atoms with Crippen molar-refractivity contribution >= 4 is 16.8 Å². The number of ether oxygens (including phenoxy) is 1. The second-order valence-electron chi connectivity index (χ2n) is 6.71. The molecule has 30 heavy (non-hydrogen) atoms. The van der Waals surface area contributed by atoms with Gasteiger partial charge in [-0.25, -0.2) is 4.98 Å². The van der Waals surface area contributed by atoms with Crippen LogP contribution in [0.3, 0.4) is 0 Å². The molecule has 0 saturated carbocycles. The zero-order valence-electron chi connectivity index (χ0n) is 16.4. The number of hydrogen-bond acceptors (Lipinski definition) is 4. The Hall–Kier alpha value is -3.20. The number of amides is 1. The maximum absolute atomic E-state index is 12.9. The van der Waals surface area contributed by atoms with Gasteiger partial charge in [-0.1, -0.05) is 18.2 Å². The summed E-state index contributed by atoms with van der Waals surface area (Å²) in [5, 5.41) is 3.06. The number of nitrogens with one attached hydrogen (secondary N) is 1. The number of halogens is 3. The minimum Gasteiger partial charge on any atom is -0.383 e. The highest BCUT2D eigenvalue weighted by Crippen LogP contribution is 2.29. The molecule has 1 amide bonds. The maximum atomic E-state index is 12.9. The van der Waals surface area contributed by atoms with Crippen molar-refractivity contribution < 1.29 is 22.7 Å². The molecule has 158 valence electrons. The fourth-order valence-corrected chi connectivity index (χ4v) is 3.10. The lowest BCUT2D eigenvalue weighted by Gasteiger charge is -2.19. The van der Waals surface area contributed by atoms with Gasteiger partial charge in [0.2, 0.25) is 0 Å². The zero-order valence-corrected chi connectivity index (χ0v) is 16.4. The second kappa shape index (κ2) is 8.66. The van der Waals surface area contributed by atoms with Crippen molar-refractivity contribution in [3.05, 3.63) is 75.8 Å². The van der Waals surface area contributed by atoms with Gasteiger partial charge in [0, 0.05) is 12.7 Å². The molecule has 0 saturated heterocycles. The highest BCUT2D eigenvalue weighted by molar-refractivity contribution is 5.94. The number of benzene rings is 2. The first-order valence-electron chi connectivity index (χ1n) is 9.19. The van der Waals surface area contributed by atoms with E-state index in [0.29, 0.717) is 10.9 Å². The molecule has 2 aromatic carbocycles. The molecule has 0 bridgehead atoms. The summed E-state index contributed by atoms with van der Waals surface area (Å²) < 4.78 is 45.3. The fraction of sp³-hybridized carbons (Fsp3) is 0.286. The number of carbonyl (C=O) groups excluding carboxylic acids is 1. The third-order valence-corrected chi connectivity index (χ3v) is 4.60. The first kappa shape index (κ1) is 21.5. The predicted molar refractivity (Wildman–Crippen MR) is 105 cm³/mol. The minimum atomic E-state index is -4.55. The first-order chi connectivity index (χ1) is 14.2. The Kier molecular flexibility index (Phi) is 6.21. The van der Waals surface area contributed by atoms with Crippen LogP contribution in [0.4, 0.5) is 13.2 Å². The number of nitrogens with zero attached hydrogens (tertiary/aromatic N) is 2. The molecule has 9 heteroatoms. The lowest BCUT2D eigenvalue weighted by atomic mass is 10.1. The van der Waals surface area contributed by atoms with Crippen LogP contribution in [0.15, 0.2) is 53.3 Å². The lowest BCUT2D eigenvalue weighted by molar-refractivity contribution is -0.137. The summed E-state index contributed by atoms with van der Waals surface area (Å²) >= 11 is 0. The summed E-state index contributed by atoms with van der Waals surface area (Å²) in [5.74, 6) is -0.412. The SMILES string of the molecule is COCCn1c(C(C)NC(=O)c2cccc(C(F)(F)F)c2)nc2ccccc2c1=O. The molecule has 0 fully saturated rings. The van der Waals surface area contributed by atoms with Crippen LogP contribution in [0, 0.1) is 0 Å². The summed E-state index contributed by atoms with van der Waals surface area (Å²) in [4.78, 5) is 30.0. The van der Waals surface area contributed by atoms with Gasteiger partial charge in [0.25, 0.3) is 11.5 Å². The smallest absolute Gasteiger partial charge is 0.383 e. The highest BCUT2D eigenvalue weighted by atomic mass is 19.4. The predicted octanol–water partition coefficient (Wildman–Crippen LogP) is 3.55. The Morgan fingerprint density at radius 3 is 2.63 bits per heavy atom. The molecule has 1 unspecified atom stereocenters. The molecule has 6 nitrogen and oxygen atoms in total. The Bertz CT molecular complexity index is 1130. The zero-order chi connectivity index (χ0) is 21.9. The van der Waals surface area contributed by atoms with E-state index in [-0.39, 0.29) is 30.1 Å². The molecule has 3 aromatic rings. The molecule has 0 radical (unpaired) electrons. The molecule has 1 N–H and O–H groups in total. The van der Waals surface area contributed by atoms with E-state index in [2.05, 4.69) is 10.3 Å². The molecule has 1 heterocycles. The van der Waals surface area contributed by atoms with E-state index in [1.165, 1.54) is 23.8 Å². The van der Waals surface area contributed by atoms with Crippen LogP contribution in [0.1, 0.15) is 34.7 Å². The standard InChI is InChI=1S/C21H20F3N3O3/c1-13(25-19(28)14-6-5-7-15(12-14)21(22,23)24)18-26-17-9-4-3-8-16(17)20(29)27(18)10-11-30-2/h3-9,12-13H,10-11H2,1-2H3,(H,25,28). The Balaban J connectivity index is 1.95. The summed E-state index contributed by atoms with van der Waals surface area (Å²) in [6.07, 6.45) is -4.55. The molecule has 1 atom stereocenters. The molecule has 3 rings (SSSR count). The van der Waals surface area contributed by atoms with E-state index in [1.807, 2.05) is 0 Å². The Morgan fingerprint density at radius 1 is 1.20 bits per heavy atom. The van der Waals surface area contributed by atoms with Crippen LogP contribution in [0.5, 0.6) is 0 Å². The van der Waals surface area contributed by atoms with Crippen LogP contribution in [0.2, 0.25) is 0 Å². The van der Waals surface area contributed by atoms with Crippen LogP contribution in [-0.2, 0) is 17.5 Å². The first-order valence-corrected chi connectivity index (χ1v) is 9.19. The summed E-state index contributed by atoms with van der Waals surface area (Å²) in [6, 6.07) is 10.2. The number of methoxy groups -OCH3 is 1. The number of hydrogen-bond donors (Lipinski definition) is 1. The summed E-state index contributed by atoms with van der Waals surface area (Å²) in [6.45, 7) is 2.08. The molecular weight excluding hydrogens is 399 g/mol. The van der Waals surface area contributed by atoms with E-state index in [4.69, 9.17) is 4.74 Å². The van der Waals surface area contributed by atoms with Crippen LogP contribution in [-0.4, -0.2) is 29.2 Å². The van der Waals surface area contributed by atoms with E-state index < -0.39 is 23.7 Å². The quantitative estimate of drug-likeness (QED) is 0.663. The van der Waals surface area contributed by atoms with Gasteiger partial charge in [0.05, 0.1) is 35.7 Å². The third-order valence-electron chi connectivity index (χ3n) is 4.60. The third kappa shape index (κ3) is 4.51. The van der Waals surface area contributed by atoms with Gasteiger partial charge in [0.1, 0.15) is 5.82 Å². The Labute approximate surface area is 170 Å². The molecule has 0 aliphatic carbocycles. The minimum absolute atomic E-state index is 0.136. The van der Waals surface area contributed by atoms with Crippen molar-refractivity contribution in [1.82, 2.24) is 14.9 Å². The van der Waals surface area contributed by atoms with Crippen molar-refractivity contribution in [2.45, 2.75) is 25.7 Å². The van der Waals surface area contributed by atoms with E-state index in [9.17, 15) is 22.8 Å². The van der Waals surface area contributed by atoms with Crippen molar-refractivity contribution in [3.63, 3.8) is 0 Å². The van der Waals surface area contributed by atoms with Crippen molar-refractivity contribution in [3.8, 4) is 0 Å². The van der Waals surface area contributed by atoms with Crippen LogP contribution >= 0.6 is 0 Å². The summed E-state index contributed by atoms with van der Waals surface area (Å²) in [7, 11) is 1.50. The van der Waals surface area contributed by atoms with Gasteiger partial charge in [-0.05, 0) is 37.3 Å². The van der Waals surface area contributed by atoms with E-state index in [0.717, 1.165) is 12.1 Å². The molecule has 0 aliphatic heterocycles. The number of fused-ring (bicyclic) bond motifs is 1. The van der Waals surface area contributed by atoms with E-state index >= 15 is 0 Å². The van der Waals surface area contributed by atoms with Crippen molar-refractivity contribution in [2.24, 2.45) is 0 Å². The van der Waals surface area contributed by atoms with Crippen LogP contribution < -0.4 is 10.9 Å². The summed E-state index contributed by atoms with van der Waals surface area (Å²) in [5.41, 5.74) is -0.869. The number of aromatic nitrogens is 2. The monoisotopic (exact) mass is 419 g/mol. The average Bonchev–Trinajstić information content (AvgIpc) is 2.72. The largest absolute Gasteiger partial charge is 0.416 e. The molecule has 0 aliphatic rings. The normalized spacial score (nSPS) is 12.7. The molecule has 1 aromatic heterocycles. The number of rotatable bonds is 6. The number of alkyl halides is 3.